The van der Waals surface area contributed by atoms with Crippen molar-refractivity contribution >= 4 is 93.7 Å². The molecule has 356 valence electrons. The highest BCUT2D eigenvalue weighted by atomic mass is 32.2. The van der Waals surface area contributed by atoms with Crippen LogP contribution in [0.25, 0.3) is 11.2 Å². The van der Waals surface area contributed by atoms with Crippen LogP contribution in [0.15, 0.2) is 40.2 Å². The Kier molecular flexibility index (Phi) is 20.4. The Morgan fingerprint density at radius 1 is 0.788 bits per heavy atom. The number of guanidine groups is 1. The number of anilines is 2. The van der Waals surface area contributed by atoms with Crippen LogP contribution in [0.3, 0.4) is 0 Å². The Bertz CT molecular complexity index is 2380. The summed E-state index contributed by atoms with van der Waals surface area (Å²) in [7, 11) is 0. The number of aliphatic imine (C=N–C) groups is 1. The van der Waals surface area contributed by atoms with Crippen molar-refractivity contribution in [2.24, 2.45) is 28.3 Å². The summed E-state index contributed by atoms with van der Waals surface area (Å²) in [5, 5.41) is 48.3. The minimum Gasteiger partial charge on any atom is -0.481 e. The minimum atomic E-state index is -1.60. The highest BCUT2D eigenvalue weighted by Crippen LogP contribution is 2.19. The lowest BCUT2D eigenvalue weighted by atomic mass is 9.91. The van der Waals surface area contributed by atoms with E-state index in [9.17, 15) is 68.4 Å². The molecule has 0 saturated heterocycles. The lowest BCUT2D eigenvalue weighted by molar-refractivity contribution is -0.144. The number of nitrogens with one attached hydrogen (secondary N) is 5. The van der Waals surface area contributed by atoms with Gasteiger partial charge < -0.3 is 58.9 Å². The van der Waals surface area contributed by atoms with Gasteiger partial charge in [-0.15, -0.1) is 0 Å². The highest BCUT2D eigenvalue weighted by Gasteiger charge is 2.34. The van der Waals surface area contributed by atoms with Crippen molar-refractivity contribution in [1.82, 2.24) is 35.9 Å². The van der Waals surface area contributed by atoms with Gasteiger partial charge in [0, 0.05) is 42.8 Å². The number of carbonyl (C=O) groups is 9. The van der Waals surface area contributed by atoms with Crippen LogP contribution in [0.5, 0.6) is 0 Å². The average molecular weight is 943 g/mol. The molecule has 2 heterocycles. The molecule has 26 nitrogen and oxygen atoms in total. The molecule has 0 unspecified atom stereocenters. The number of amides is 3. The number of nitrogens with two attached hydrogens (primary N) is 3. The fraction of sp³-hybridized carbons (Fsp3) is 0.436. The lowest BCUT2D eigenvalue weighted by Crippen LogP contribution is -2.48. The zero-order valence-electron chi connectivity index (χ0n) is 35.4. The van der Waals surface area contributed by atoms with Crippen LogP contribution < -0.4 is 44.0 Å². The summed E-state index contributed by atoms with van der Waals surface area (Å²) in [6.07, 6.45) is -1.49. The van der Waals surface area contributed by atoms with E-state index < -0.39 is 127 Å². The monoisotopic (exact) mass is 942 g/mol. The van der Waals surface area contributed by atoms with E-state index in [2.05, 4.69) is 46.2 Å². The first kappa shape index (κ1) is 52.6. The number of aliphatic carboxylic acids is 4. The van der Waals surface area contributed by atoms with Gasteiger partial charge in [0.1, 0.15) is 17.9 Å². The molecule has 1 aromatic carbocycles. The van der Waals surface area contributed by atoms with Crippen LogP contribution in [0.1, 0.15) is 67.4 Å². The number of hydrogen-bond acceptors (Lipinski definition) is 17. The standard InChI is InChI=1S/C39H50N12O14S/c1-66-17-26(37(64)65)49-34(60)20(14-29(56)57)12-27(53)24(3-2-10-43-38(40)41)47-33(59)19(13-28(54)55)11-23(52)8-9-25(36(62)63)48-32(58)18-4-6-21(7-5-18)44-15-22-16-45-31-30(46-22)35(61)51-39(42)50-31/h4-7,16,19-20,24-26,44H,2-3,8-15,17H2,1H3,(H,47,59)(H,48,58)(H,49,60)(H,54,55)(H,56,57)(H,62,63)(H,64,65)(H4,40,41,43)(H3,42,45,50,51,61)/t19-,20-,24-,25-,26-/m0/s1. The van der Waals surface area contributed by atoms with Gasteiger partial charge in [0.25, 0.3) is 11.5 Å². The third kappa shape index (κ3) is 17.5. The van der Waals surface area contributed by atoms with Crippen LogP contribution in [-0.4, -0.2) is 136 Å². The highest BCUT2D eigenvalue weighted by molar-refractivity contribution is 7.98. The number of nitrogens with zero attached hydrogens (tertiary/aromatic N) is 4. The molecule has 0 spiro atoms. The number of H-pyrrole nitrogens is 1. The second-order valence-corrected chi connectivity index (χ2v) is 15.6. The van der Waals surface area contributed by atoms with E-state index in [-0.39, 0.29) is 60.3 Å². The number of benzene rings is 1. The Hall–Kier alpha value is -7.71. The summed E-state index contributed by atoms with van der Waals surface area (Å²) >= 11 is 1.09. The molecule has 0 aliphatic rings. The number of aromatic amines is 1. The first-order chi connectivity index (χ1) is 31.2. The first-order valence-electron chi connectivity index (χ1n) is 19.9. The lowest BCUT2D eigenvalue weighted by Gasteiger charge is -2.24. The summed E-state index contributed by atoms with van der Waals surface area (Å²) in [4.78, 5) is 144. The number of thioether (sulfide) groups is 1. The number of hydrogen-bond donors (Lipinski definition) is 12. The molecule has 3 amide bonds. The smallest absolute Gasteiger partial charge is 0.327 e. The van der Waals surface area contributed by atoms with Crippen LogP contribution in [0, 0.1) is 11.8 Å². The normalized spacial score (nSPS) is 13.2. The van der Waals surface area contributed by atoms with Crippen molar-refractivity contribution in [3.63, 3.8) is 0 Å². The van der Waals surface area contributed by atoms with Crippen molar-refractivity contribution in [1.29, 1.82) is 0 Å². The van der Waals surface area contributed by atoms with Crippen LogP contribution in [0.2, 0.25) is 0 Å². The van der Waals surface area contributed by atoms with Gasteiger partial charge in [-0.2, -0.15) is 16.7 Å². The Morgan fingerprint density at radius 3 is 1.97 bits per heavy atom. The quantitative estimate of drug-likeness (QED) is 0.0213. The topological polar surface area (TPSA) is 445 Å². The maximum Gasteiger partial charge on any atom is 0.327 e. The number of ketones is 2. The van der Waals surface area contributed by atoms with Crippen LogP contribution >= 0.6 is 11.8 Å². The molecule has 5 atom stereocenters. The molecule has 27 heteroatoms. The summed E-state index contributed by atoms with van der Waals surface area (Å²) in [6.45, 7) is 0.0768. The molecule has 15 N–H and O–H groups in total. The van der Waals surface area contributed by atoms with Gasteiger partial charge in [-0.1, -0.05) is 0 Å². The number of Topliss-reactive ketones (excluding diaryl/α,β-unsaturated/α-hetero) is 2. The van der Waals surface area contributed by atoms with E-state index in [1.807, 2.05) is 0 Å². The summed E-state index contributed by atoms with van der Waals surface area (Å²) in [5.41, 5.74) is 16.7. The van der Waals surface area contributed by atoms with Crippen molar-refractivity contribution in [3.8, 4) is 0 Å². The second-order valence-electron chi connectivity index (χ2n) is 14.7. The Morgan fingerprint density at radius 2 is 1.39 bits per heavy atom. The summed E-state index contributed by atoms with van der Waals surface area (Å²) in [5.74, 6) is -14.1. The largest absolute Gasteiger partial charge is 0.481 e. The van der Waals surface area contributed by atoms with Gasteiger partial charge in [-0.25, -0.2) is 19.6 Å². The molecule has 0 fully saturated rings. The van der Waals surface area contributed by atoms with Crippen molar-refractivity contribution < 1.29 is 63.6 Å². The third-order valence-corrected chi connectivity index (χ3v) is 10.2. The fourth-order valence-corrected chi connectivity index (χ4v) is 6.79. The van der Waals surface area contributed by atoms with Gasteiger partial charge in [0.2, 0.25) is 17.8 Å². The van der Waals surface area contributed by atoms with E-state index in [1.165, 1.54) is 30.5 Å². The number of rotatable bonds is 29. The van der Waals surface area contributed by atoms with E-state index >= 15 is 0 Å². The van der Waals surface area contributed by atoms with Gasteiger partial charge in [-0.05, 0) is 49.8 Å². The van der Waals surface area contributed by atoms with Crippen molar-refractivity contribution in [2.45, 2.75) is 76.0 Å². The molecule has 3 aromatic rings. The van der Waals surface area contributed by atoms with Crippen molar-refractivity contribution in [3.05, 3.63) is 52.1 Å². The van der Waals surface area contributed by atoms with Gasteiger partial charge in [0.05, 0.1) is 49.2 Å². The summed E-state index contributed by atoms with van der Waals surface area (Å²) < 4.78 is 0. The van der Waals surface area contributed by atoms with E-state index in [4.69, 9.17) is 17.2 Å². The molecule has 0 radical (unpaired) electrons. The Balaban J connectivity index is 1.66. The molecule has 66 heavy (non-hydrogen) atoms. The second kappa shape index (κ2) is 25.5. The van der Waals surface area contributed by atoms with E-state index in [0.717, 1.165) is 11.8 Å². The SMILES string of the molecule is CSC[C@H](NC(=O)[C@H](CC(=O)O)CC(=O)[C@H](CCCN=C(N)N)NC(=O)[C@H](CC(=O)O)CC(=O)CC[C@H](NC(=O)c1ccc(NCc2cnc3nc(N)[nH]c(=O)c3n2)cc1)C(=O)O)C(=O)O. The van der Waals surface area contributed by atoms with Gasteiger partial charge in [0.15, 0.2) is 22.9 Å². The maximum absolute atomic E-state index is 13.6. The van der Waals surface area contributed by atoms with Gasteiger partial charge in [-0.3, -0.25) is 48.3 Å². The molecule has 2 aromatic heterocycles. The number of carboxylic acids is 4. The van der Waals surface area contributed by atoms with Gasteiger partial charge >= 0.3 is 23.9 Å². The Labute approximate surface area is 378 Å². The number of carboxylic acid groups (broad SMARTS) is 4. The molecule has 0 bridgehead atoms. The zero-order chi connectivity index (χ0) is 49.1. The molecule has 0 saturated carbocycles. The van der Waals surface area contributed by atoms with Crippen molar-refractivity contribution in [2.75, 3.05) is 29.6 Å². The third-order valence-electron chi connectivity index (χ3n) is 9.53. The molecular weight excluding hydrogens is 893 g/mol. The maximum atomic E-state index is 13.6. The molecular formula is C39H50N12O14S. The van der Waals surface area contributed by atoms with E-state index in [1.54, 1.807) is 6.26 Å². The zero-order valence-corrected chi connectivity index (χ0v) is 36.2. The van der Waals surface area contributed by atoms with Crippen LogP contribution in [-0.2, 0) is 44.9 Å². The van der Waals surface area contributed by atoms with Crippen LogP contribution in [0.4, 0.5) is 11.6 Å². The minimum absolute atomic E-state index is 0.0186. The predicted octanol–water partition coefficient (Wildman–Crippen LogP) is -1.56. The number of carbonyl (C=O) groups excluding carboxylic acids is 5. The number of nitrogen functional groups attached to an aromatic ring is 1. The average Bonchev–Trinajstić information content (AvgIpc) is 3.24. The van der Waals surface area contributed by atoms with E-state index in [0.29, 0.717) is 11.4 Å². The molecule has 3 rings (SSSR count). The molecule has 0 aliphatic heterocycles. The first-order valence-corrected chi connectivity index (χ1v) is 21.3. The summed E-state index contributed by atoms with van der Waals surface area (Å²) in [6, 6.07) is 1.33. The number of aromatic nitrogens is 4. The molecule has 0 aliphatic carbocycles. The predicted molar refractivity (Wildman–Crippen MR) is 235 cm³/mol. The fourth-order valence-electron chi connectivity index (χ4n) is 6.23. The number of fused-ring (bicyclic) bond motifs is 1.